The van der Waals surface area contributed by atoms with E-state index in [0.717, 1.165) is 40.9 Å². The molecule has 0 radical (unpaired) electrons. The van der Waals surface area contributed by atoms with E-state index >= 15 is 0 Å². The van der Waals surface area contributed by atoms with Crippen LogP contribution >= 0.6 is 0 Å². The fourth-order valence-corrected chi connectivity index (χ4v) is 4.75. The number of rotatable bonds is 5. The van der Waals surface area contributed by atoms with Crippen molar-refractivity contribution >= 4 is 5.65 Å². The minimum absolute atomic E-state index is 0.274. The molecule has 7 heteroatoms. The number of nitriles is 1. The first-order valence-corrected chi connectivity index (χ1v) is 11.2. The summed E-state index contributed by atoms with van der Waals surface area (Å²) >= 11 is 0. The molecule has 4 aromatic heterocycles. The molecule has 4 aromatic rings. The molecule has 4 heterocycles. The van der Waals surface area contributed by atoms with Crippen LogP contribution in [0, 0.1) is 11.3 Å². The number of alkyl halides is 1. The number of aromatic nitrogens is 5. The van der Waals surface area contributed by atoms with Gasteiger partial charge in [0.15, 0.2) is 0 Å². The molecule has 6 rings (SSSR count). The average Bonchev–Trinajstić information content (AvgIpc) is 3.18. The summed E-state index contributed by atoms with van der Waals surface area (Å²) < 4.78 is 18.7. The van der Waals surface area contributed by atoms with Crippen molar-refractivity contribution in [1.29, 1.82) is 5.26 Å². The Morgan fingerprint density at radius 2 is 1.94 bits per heavy atom. The quantitative estimate of drug-likeness (QED) is 0.435. The lowest BCUT2D eigenvalue weighted by atomic mass is 10.0. The average molecular weight is 426 g/mol. The lowest BCUT2D eigenvalue weighted by Crippen LogP contribution is -2.25. The second kappa shape index (κ2) is 7.27. The van der Waals surface area contributed by atoms with E-state index in [9.17, 15) is 9.65 Å². The van der Waals surface area contributed by atoms with Crippen molar-refractivity contribution < 1.29 is 4.39 Å². The van der Waals surface area contributed by atoms with Crippen LogP contribution in [0.1, 0.15) is 55.8 Å². The highest BCUT2D eigenvalue weighted by Gasteiger charge is 2.34. The van der Waals surface area contributed by atoms with Crippen molar-refractivity contribution in [1.82, 2.24) is 24.1 Å². The highest BCUT2D eigenvalue weighted by Crippen LogP contribution is 2.40. The molecule has 32 heavy (non-hydrogen) atoms. The van der Waals surface area contributed by atoms with E-state index in [1.54, 1.807) is 16.9 Å². The summed E-state index contributed by atoms with van der Waals surface area (Å²) in [6.45, 7) is 0.274. The molecule has 160 valence electrons. The molecule has 6 nitrogen and oxygen atoms in total. The summed E-state index contributed by atoms with van der Waals surface area (Å²) in [4.78, 5) is 9.40. The highest BCUT2D eigenvalue weighted by molar-refractivity contribution is 5.81. The highest BCUT2D eigenvalue weighted by atomic mass is 19.1. The Hall–Kier alpha value is -3.53. The number of hydrogen-bond donors (Lipinski definition) is 0. The molecule has 0 N–H and O–H groups in total. The second-order valence-corrected chi connectivity index (χ2v) is 9.11. The molecule has 0 aromatic carbocycles. The number of nitrogens with zero attached hydrogens (tertiary/aromatic N) is 6. The largest absolute Gasteiger partial charge is 0.307 e. The summed E-state index contributed by atoms with van der Waals surface area (Å²) in [5, 5.41) is 13.8. The zero-order valence-corrected chi connectivity index (χ0v) is 17.7. The third kappa shape index (κ3) is 3.46. The van der Waals surface area contributed by atoms with Gasteiger partial charge in [0.1, 0.15) is 23.1 Å². The minimum atomic E-state index is -1.17. The van der Waals surface area contributed by atoms with Crippen LogP contribution in [0.15, 0.2) is 49.1 Å². The summed E-state index contributed by atoms with van der Waals surface area (Å²) in [5.74, 6) is 0.582. The predicted octanol–water partition coefficient (Wildman–Crippen LogP) is 5.29. The Labute approximate surface area is 185 Å². The van der Waals surface area contributed by atoms with E-state index in [0.29, 0.717) is 30.1 Å². The van der Waals surface area contributed by atoms with Crippen LogP contribution in [0.25, 0.3) is 28.0 Å². The van der Waals surface area contributed by atoms with Gasteiger partial charge in [-0.2, -0.15) is 10.4 Å². The van der Waals surface area contributed by atoms with Gasteiger partial charge in [0, 0.05) is 41.2 Å². The van der Waals surface area contributed by atoms with Crippen molar-refractivity contribution in [2.45, 2.75) is 56.7 Å². The number of hydrogen-bond acceptors (Lipinski definition) is 4. The van der Waals surface area contributed by atoms with Gasteiger partial charge in [-0.1, -0.05) is 12.8 Å². The van der Waals surface area contributed by atoms with Gasteiger partial charge in [0.2, 0.25) is 0 Å². The molecule has 0 atom stereocenters. The first kappa shape index (κ1) is 19.2. The monoisotopic (exact) mass is 426 g/mol. The standard InChI is InChI=1S/C25H23FN6/c26-25(8-1-2-9-25)16-32-14-19(13-28-32)21-6-5-20(12-27)29-24(21)18-7-10-31-15-22(17-3-4-17)30-23(31)11-18/h5-7,10-11,13-15,17H,1-4,8-9,16H2. The van der Waals surface area contributed by atoms with Crippen molar-refractivity contribution in [2.24, 2.45) is 0 Å². The van der Waals surface area contributed by atoms with E-state index < -0.39 is 5.67 Å². The van der Waals surface area contributed by atoms with E-state index in [-0.39, 0.29) is 6.54 Å². The van der Waals surface area contributed by atoms with E-state index in [2.05, 4.69) is 22.3 Å². The lowest BCUT2D eigenvalue weighted by Gasteiger charge is -2.18. The smallest absolute Gasteiger partial charge is 0.141 e. The third-order valence-corrected chi connectivity index (χ3v) is 6.65. The number of imidazole rings is 1. The van der Waals surface area contributed by atoms with Gasteiger partial charge in [-0.15, -0.1) is 0 Å². The van der Waals surface area contributed by atoms with Crippen LogP contribution in [0.5, 0.6) is 0 Å². The van der Waals surface area contributed by atoms with Crippen molar-refractivity contribution in [3.05, 3.63) is 60.4 Å². The Morgan fingerprint density at radius 3 is 2.72 bits per heavy atom. The molecular weight excluding hydrogens is 403 g/mol. The predicted molar refractivity (Wildman–Crippen MR) is 119 cm³/mol. The molecule has 0 amide bonds. The Balaban J connectivity index is 1.39. The van der Waals surface area contributed by atoms with Gasteiger partial charge in [-0.25, -0.2) is 14.4 Å². The molecular formula is C25H23FN6. The van der Waals surface area contributed by atoms with Gasteiger partial charge >= 0.3 is 0 Å². The maximum Gasteiger partial charge on any atom is 0.141 e. The van der Waals surface area contributed by atoms with Crippen molar-refractivity contribution in [3.63, 3.8) is 0 Å². The Bertz CT molecular complexity index is 1350. The summed E-state index contributed by atoms with van der Waals surface area (Å²) in [5.41, 5.74) is 4.52. The molecule has 0 aliphatic heterocycles. The second-order valence-electron chi connectivity index (χ2n) is 9.11. The van der Waals surface area contributed by atoms with Crippen LogP contribution in [0.2, 0.25) is 0 Å². The molecule has 0 saturated heterocycles. The molecule has 2 aliphatic carbocycles. The van der Waals surface area contributed by atoms with Crippen molar-refractivity contribution in [2.75, 3.05) is 0 Å². The number of fused-ring (bicyclic) bond motifs is 1. The van der Waals surface area contributed by atoms with Crippen LogP contribution < -0.4 is 0 Å². The van der Waals surface area contributed by atoms with Gasteiger partial charge in [0.05, 0.1) is 24.1 Å². The molecule has 2 aliphatic rings. The zero-order chi connectivity index (χ0) is 21.7. The van der Waals surface area contributed by atoms with Crippen LogP contribution in [0.3, 0.4) is 0 Å². The first-order valence-electron chi connectivity index (χ1n) is 11.2. The Morgan fingerprint density at radius 1 is 1.09 bits per heavy atom. The Kier molecular flexibility index (Phi) is 4.35. The number of halogens is 1. The normalized spacial score (nSPS) is 17.6. The third-order valence-electron chi connectivity index (χ3n) is 6.65. The topological polar surface area (TPSA) is 71.8 Å². The molecule has 2 saturated carbocycles. The molecule has 0 unspecified atom stereocenters. The summed E-state index contributed by atoms with van der Waals surface area (Å²) in [7, 11) is 0. The SMILES string of the molecule is N#Cc1ccc(-c2cnn(CC3(F)CCCC3)c2)c(-c2ccn3cc(C4CC4)nc3c2)n1. The van der Waals surface area contributed by atoms with E-state index in [1.165, 1.54) is 12.8 Å². The van der Waals surface area contributed by atoms with Crippen LogP contribution in [-0.4, -0.2) is 29.8 Å². The fourth-order valence-electron chi connectivity index (χ4n) is 4.75. The lowest BCUT2D eigenvalue weighted by molar-refractivity contribution is 0.139. The van der Waals surface area contributed by atoms with E-state index in [1.807, 2.05) is 35.0 Å². The maximum absolute atomic E-state index is 14.9. The molecule has 0 bridgehead atoms. The van der Waals surface area contributed by atoms with Crippen LogP contribution in [0.4, 0.5) is 4.39 Å². The fraction of sp³-hybridized carbons (Fsp3) is 0.360. The van der Waals surface area contributed by atoms with Gasteiger partial charge < -0.3 is 4.40 Å². The zero-order valence-electron chi connectivity index (χ0n) is 17.7. The summed E-state index contributed by atoms with van der Waals surface area (Å²) in [6, 6.07) is 9.76. The number of pyridine rings is 2. The summed E-state index contributed by atoms with van der Waals surface area (Å²) in [6.07, 6.45) is 13.2. The molecule has 0 spiro atoms. The van der Waals surface area contributed by atoms with Gasteiger partial charge in [0.25, 0.3) is 0 Å². The van der Waals surface area contributed by atoms with E-state index in [4.69, 9.17) is 4.98 Å². The van der Waals surface area contributed by atoms with Gasteiger partial charge in [-0.05, 0) is 49.9 Å². The maximum atomic E-state index is 14.9. The first-order chi connectivity index (χ1) is 15.6. The van der Waals surface area contributed by atoms with Crippen molar-refractivity contribution in [3.8, 4) is 28.5 Å². The van der Waals surface area contributed by atoms with Gasteiger partial charge in [-0.3, -0.25) is 4.68 Å². The van der Waals surface area contributed by atoms with Crippen LogP contribution in [-0.2, 0) is 6.54 Å². The minimum Gasteiger partial charge on any atom is -0.307 e. The molecule has 2 fully saturated rings.